The number of halogens is 1. The second-order valence-corrected chi connectivity index (χ2v) is 4.27. The Morgan fingerprint density at radius 2 is 2.39 bits per heavy atom. The van der Waals surface area contributed by atoms with Crippen LogP contribution in [0.4, 0.5) is 0 Å². The van der Waals surface area contributed by atoms with Gasteiger partial charge >= 0.3 is 0 Å². The molecule has 0 bridgehead atoms. The normalized spacial score (nSPS) is 10.6. The highest BCUT2D eigenvalue weighted by molar-refractivity contribution is 6.30. The first-order chi connectivity index (χ1) is 8.67. The van der Waals surface area contributed by atoms with Crippen LogP contribution in [-0.2, 0) is 6.42 Å². The molecule has 5 heteroatoms. The first-order valence-electron chi connectivity index (χ1n) is 5.73. The van der Waals surface area contributed by atoms with Crippen LogP contribution in [0.15, 0.2) is 31.0 Å². The van der Waals surface area contributed by atoms with Gasteiger partial charge in [0.1, 0.15) is 11.3 Å². The van der Waals surface area contributed by atoms with E-state index in [4.69, 9.17) is 11.6 Å². The topological polar surface area (TPSA) is 46.4 Å². The average Bonchev–Trinajstić information content (AvgIpc) is 2.73. The number of nitrogens with one attached hydrogen (secondary N) is 1. The van der Waals surface area contributed by atoms with E-state index in [1.54, 1.807) is 28.8 Å². The Balaban J connectivity index is 2.54. The highest BCUT2D eigenvalue weighted by atomic mass is 35.5. The second-order valence-electron chi connectivity index (χ2n) is 3.83. The van der Waals surface area contributed by atoms with Gasteiger partial charge in [-0.1, -0.05) is 24.6 Å². The van der Waals surface area contributed by atoms with E-state index in [0.717, 1.165) is 11.3 Å². The molecule has 4 nitrogen and oxygen atoms in total. The number of aryl methyl sites for hydroxylation is 1. The van der Waals surface area contributed by atoms with Gasteiger partial charge in [0.25, 0.3) is 5.91 Å². The van der Waals surface area contributed by atoms with Gasteiger partial charge in [-0.25, -0.2) is 4.98 Å². The van der Waals surface area contributed by atoms with Crippen molar-refractivity contribution in [2.45, 2.75) is 13.3 Å². The lowest BCUT2D eigenvalue weighted by Crippen LogP contribution is -2.25. The Bertz CT molecular complexity index is 604. The van der Waals surface area contributed by atoms with Gasteiger partial charge in [-0.3, -0.25) is 9.20 Å². The van der Waals surface area contributed by atoms with Crippen molar-refractivity contribution < 1.29 is 4.79 Å². The highest BCUT2D eigenvalue weighted by Gasteiger charge is 2.17. The number of hydrogen-bond donors (Lipinski definition) is 1. The van der Waals surface area contributed by atoms with E-state index in [0.29, 0.717) is 23.7 Å². The van der Waals surface area contributed by atoms with E-state index in [1.807, 2.05) is 6.92 Å². The number of amides is 1. The molecular weight excluding hydrogens is 250 g/mol. The summed E-state index contributed by atoms with van der Waals surface area (Å²) in [5.74, 6) is -0.165. The summed E-state index contributed by atoms with van der Waals surface area (Å²) in [5, 5.41) is 3.33. The molecule has 0 saturated heterocycles. The molecule has 94 valence electrons. The quantitative estimate of drug-likeness (QED) is 0.862. The number of imidazole rings is 1. The number of rotatable bonds is 4. The zero-order valence-corrected chi connectivity index (χ0v) is 10.9. The summed E-state index contributed by atoms with van der Waals surface area (Å²) < 4.78 is 1.72. The third-order valence-electron chi connectivity index (χ3n) is 2.61. The van der Waals surface area contributed by atoms with E-state index >= 15 is 0 Å². The molecular formula is C13H14ClN3O. The highest BCUT2D eigenvalue weighted by Crippen LogP contribution is 2.17. The summed E-state index contributed by atoms with van der Waals surface area (Å²) in [5.41, 5.74) is 2.02. The standard InChI is InChI=1S/C13H14ClN3O/c1-3-7-15-13(18)12-10(4-2)16-11-6-5-9(14)8-17(11)12/h3,5-6,8H,1,4,7H2,2H3,(H,15,18). The van der Waals surface area contributed by atoms with Gasteiger partial charge in [0.05, 0.1) is 10.7 Å². The van der Waals surface area contributed by atoms with Crippen molar-refractivity contribution in [3.05, 3.63) is 47.4 Å². The SMILES string of the molecule is C=CCNC(=O)c1c(CC)nc2ccc(Cl)cn12. The van der Waals surface area contributed by atoms with Crippen LogP contribution in [0, 0.1) is 0 Å². The van der Waals surface area contributed by atoms with E-state index in [9.17, 15) is 4.79 Å². The minimum Gasteiger partial charge on any atom is -0.347 e. The molecule has 0 aromatic carbocycles. The Hall–Kier alpha value is -1.81. The molecule has 0 spiro atoms. The lowest BCUT2D eigenvalue weighted by Gasteiger charge is -2.04. The maximum atomic E-state index is 12.1. The van der Waals surface area contributed by atoms with Crippen LogP contribution in [-0.4, -0.2) is 21.8 Å². The van der Waals surface area contributed by atoms with Crippen LogP contribution >= 0.6 is 11.6 Å². The molecule has 0 aliphatic rings. The Labute approximate surface area is 110 Å². The molecule has 0 fully saturated rings. The number of nitrogens with zero attached hydrogens (tertiary/aromatic N) is 2. The molecule has 0 atom stereocenters. The fourth-order valence-corrected chi connectivity index (χ4v) is 1.96. The lowest BCUT2D eigenvalue weighted by atomic mass is 10.2. The minimum absolute atomic E-state index is 0.165. The molecule has 0 radical (unpaired) electrons. The molecule has 2 aromatic rings. The number of hydrogen-bond acceptors (Lipinski definition) is 2. The zero-order valence-electron chi connectivity index (χ0n) is 10.1. The zero-order chi connectivity index (χ0) is 13.1. The van der Waals surface area contributed by atoms with Crippen molar-refractivity contribution >= 4 is 23.2 Å². The van der Waals surface area contributed by atoms with E-state index in [2.05, 4.69) is 16.9 Å². The van der Waals surface area contributed by atoms with Crippen molar-refractivity contribution in [2.75, 3.05) is 6.54 Å². The third-order valence-corrected chi connectivity index (χ3v) is 2.84. The maximum absolute atomic E-state index is 12.1. The van der Waals surface area contributed by atoms with Crippen LogP contribution in [0.2, 0.25) is 5.02 Å². The number of carbonyl (C=O) groups is 1. The molecule has 0 unspecified atom stereocenters. The summed E-state index contributed by atoms with van der Waals surface area (Å²) in [6.07, 6.45) is 4.03. The van der Waals surface area contributed by atoms with Gasteiger partial charge < -0.3 is 5.32 Å². The summed E-state index contributed by atoms with van der Waals surface area (Å²) in [7, 11) is 0. The van der Waals surface area contributed by atoms with Crippen LogP contribution in [0.25, 0.3) is 5.65 Å². The lowest BCUT2D eigenvalue weighted by molar-refractivity contribution is 0.0951. The molecule has 0 aliphatic heterocycles. The molecule has 1 N–H and O–H groups in total. The molecule has 1 amide bonds. The van der Waals surface area contributed by atoms with Crippen LogP contribution in [0.3, 0.4) is 0 Å². The van der Waals surface area contributed by atoms with Crippen molar-refractivity contribution in [1.82, 2.24) is 14.7 Å². The summed E-state index contributed by atoms with van der Waals surface area (Å²) in [4.78, 5) is 16.5. The smallest absolute Gasteiger partial charge is 0.270 e. The van der Waals surface area contributed by atoms with Crippen LogP contribution < -0.4 is 5.32 Å². The molecule has 18 heavy (non-hydrogen) atoms. The number of aromatic nitrogens is 2. The van der Waals surface area contributed by atoms with Gasteiger partial charge in [-0.2, -0.15) is 0 Å². The van der Waals surface area contributed by atoms with Crippen molar-refractivity contribution in [1.29, 1.82) is 0 Å². The average molecular weight is 264 g/mol. The van der Waals surface area contributed by atoms with Crippen molar-refractivity contribution in [2.24, 2.45) is 0 Å². The minimum atomic E-state index is -0.165. The first-order valence-corrected chi connectivity index (χ1v) is 6.10. The summed E-state index contributed by atoms with van der Waals surface area (Å²) in [6.45, 7) is 5.97. The fraction of sp³-hybridized carbons (Fsp3) is 0.231. The predicted octanol–water partition coefficient (Wildman–Crippen LogP) is 2.47. The Kier molecular flexibility index (Phi) is 3.67. The van der Waals surface area contributed by atoms with E-state index in [1.165, 1.54) is 0 Å². The van der Waals surface area contributed by atoms with E-state index < -0.39 is 0 Å². The number of fused-ring (bicyclic) bond motifs is 1. The van der Waals surface area contributed by atoms with Crippen LogP contribution in [0.1, 0.15) is 23.1 Å². The monoisotopic (exact) mass is 263 g/mol. The fourth-order valence-electron chi connectivity index (χ4n) is 1.80. The molecule has 2 aromatic heterocycles. The van der Waals surface area contributed by atoms with Crippen molar-refractivity contribution in [3.8, 4) is 0 Å². The van der Waals surface area contributed by atoms with Gasteiger partial charge in [0.15, 0.2) is 0 Å². The molecule has 0 aliphatic carbocycles. The summed E-state index contributed by atoms with van der Waals surface area (Å²) in [6, 6.07) is 3.56. The van der Waals surface area contributed by atoms with Gasteiger partial charge in [0.2, 0.25) is 0 Å². The van der Waals surface area contributed by atoms with Crippen molar-refractivity contribution in [3.63, 3.8) is 0 Å². The first kappa shape index (κ1) is 12.6. The van der Waals surface area contributed by atoms with E-state index in [-0.39, 0.29) is 5.91 Å². The van der Waals surface area contributed by atoms with Gasteiger partial charge in [-0.05, 0) is 18.6 Å². The largest absolute Gasteiger partial charge is 0.347 e. The number of pyridine rings is 1. The Morgan fingerprint density at radius 3 is 3.06 bits per heavy atom. The number of carbonyl (C=O) groups excluding carboxylic acids is 1. The molecule has 2 heterocycles. The third kappa shape index (κ3) is 2.24. The van der Waals surface area contributed by atoms with Gasteiger partial charge in [-0.15, -0.1) is 6.58 Å². The second kappa shape index (κ2) is 5.23. The molecule has 2 rings (SSSR count). The summed E-state index contributed by atoms with van der Waals surface area (Å²) >= 11 is 5.96. The molecule has 0 saturated carbocycles. The van der Waals surface area contributed by atoms with Crippen LogP contribution in [0.5, 0.6) is 0 Å². The Morgan fingerprint density at radius 1 is 1.61 bits per heavy atom. The van der Waals surface area contributed by atoms with Gasteiger partial charge in [0, 0.05) is 12.7 Å². The predicted molar refractivity (Wildman–Crippen MR) is 72.1 cm³/mol. The maximum Gasteiger partial charge on any atom is 0.270 e.